The molecule has 0 spiro atoms. The zero-order chi connectivity index (χ0) is 75.1. The number of aryl methyl sites for hydroxylation is 1. The van der Waals surface area contributed by atoms with Crippen molar-refractivity contribution in [3.05, 3.63) is 142 Å². The number of anilines is 5. The number of fused-ring (bicyclic) bond motifs is 6. The Morgan fingerprint density at radius 2 is 0.972 bits per heavy atom. The van der Waals surface area contributed by atoms with Gasteiger partial charge in [-0.15, -0.1) is 0 Å². The zero-order valence-electron chi connectivity index (χ0n) is 61.1. The molecule has 5 aromatic carbocycles. The molecule has 17 rings (SSSR count). The first kappa shape index (κ1) is 75.7. The number of likely N-dealkylation sites (N-methyl/N-ethyl adjacent to an activating group) is 1. The lowest BCUT2D eigenvalue weighted by molar-refractivity contribution is -0.142. The smallest absolute Gasteiger partial charge is 0.320 e. The summed E-state index contributed by atoms with van der Waals surface area (Å²) in [6.07, 6.45) is 11.6. The van der Waals surface area contributed by atoms with Gasteiger partial charge in [-0.2, -0.15) is 21.3 Å². The molecule has 4 amide bonds. The average molecular weight is 1550 g/mol. The molecule has 566 valence electrons. The summed E-state index contributed by atoms with van der Waals surface area (Å²) in [6.45, 7) is 19.9. The lowest BCUT2D eigenvalue weighted by Gasteiger charge is -2.38. The number of carbonyl (C=O) groups is 3. The third-order valence-electron chi connectivity index (χ3n) is 21.0. The van der Waals surface area contributed by atoms with E-state index in [1.165, 1.54) is 73.4 Å². The van der Waals surface area contributed by atoms with E-state index in [1.54, 1.807) is 30.8 Å². The maximum atomic E-state index is 13.8. The molecule has 10 aromatic rings. The van der Waals surface area contributed by atoms with Crippen molar-refractivity contribution < 1.29 is 40.1 Å². The van der Waals surface area contributed by atoms with Crippen molar-refractivity contribution in [1.82, 2.24) is 57.6 Å². The summed E-state index contributed by atoms with van der Waals surface area (Å²) in [5.41, 5.74) is 11.1. The molecule has 1 saturated carbocycles. The number of urea groups is 1. The molecule has 1 atom stereocenters. The van der Waals surface area contributed by atoms with Gasteiger partial charge in [-0.25, -0.2) is 17.6 Å². The number of hydrogen-bond donors (Lipinski definition) is 4. The number of rotatable bonds is 10. The van der Waals surface area contributed by atoms with Crippen LogP contribution in [-0.4, -0.2) is 262 Å². The Kier molecular flexibility index (Phi) is 22.4. The SMILES string of the molecule is CC(=O)N1CCN(c2cc(C3CC3)cc3[nH]ccc23)CC1.CC(C)(F)C(=O)N1CCN(c2cc(Cl)cc3[nH]ccc23)CC1.CN(C)S(=O)(=O)N1CCN(c2cc(Cl)cc3[nH]ccc23)CC1.CN1CC2CN(c3cc(Cl)cc4[nH]ccc34)CCN2C1=O.Cc1noc2c(N3CCN(S(C)(=O)=O)CC3)cccc12. The molecule has 6 aliphatic heterocycles. The molecule has 1 unspecified atom stereocenters. The van der Waals surface area contributed by atoms with Crippen molar-refractivity contribution in [1.29, 1.82) is 0 Å². The number of amides is 4. The lowest BCUT2D eigenvalue weighted by Crippen LogP contribution is -2.53. The van der Waals surface area contributed by atoms with E-state index < -0.39 is 31.8 Å². The fourth-order valence-corrected chi connectivity index (χ4v) is 17.6. The maximum Gasteiger partial charge on any atom is 0.320 e. The van der Waals surface area contributed by atoms with Crippen molar-refractivity contribution in [3.8, 4) is 0 Å². The Hall–Kier alpha value is -8.48. The van der Waals surface area contributed by atoms with Gasteiger partial charge in [-0.05, 0) is 130 Å². The first-order chi connectivity index (χ1) is 50.6. The number of piperazine rings is 5. The first-order valence-electron chi connectivity index (χ1n) is 36.0. The number of benzene rings is 5. The fraction of sp³-hybridized carbons (Fsp3) is 0.440. The average Bonchev–Trinajstić information content (AvgIpc) is 1.61. The van der Waals surface area contributed by atoms with Crippen LogP contribution in [0.3, 0.4) is 0 Å². The Labute approximate surface area is 632 Å². The summed E-state index contributed by atoms with van der Waals surface area (Å²) in [5.74, 6) is 0.508. The van der Waals surface area contributed by atoms with Gasteiger partial charge < -0.3 is 68.6 Å². The number of alkyl halides is 1. The molecule has 31 heteroatoms. The zero-order valence-corrected chi connectivity index (χ0v) is 65.0. The van der Waals surface area contributed by atoms with Crippen molar-refractivity contribution in [2.75, 3.05) is 183 Å². The molecule has 5 aromatic heterocycles. The van der Waals surface area contributed by atoms with Gasteiger partial charge in [0, 0.05) is 271 Å². The normalized spacial score (nSPS) is 18.6. The molecule has 25 nitrogen and oxygen atoms in total. The van der Waals surface area contributed by atoms with Crippen LogP contribution >= 0.6 is 34.8 Å². The number of nitrogens with one attached hydrogen (secondary N) is 4. The molecule has 106 heavy (non-hydrogen) atoms. The second-order valence-corrected chi connectivity index (χ2v) is 34.2. The highest BCUT2D eigenvalue weighted by Gasteiger charge is 2.40. The van der Waals surface area contributed by atoms with Crippen LogP contribution in [0.4, 0.5) is 37.6 Å². The molecular formula is C75H93Cl3FN17O8S2. The van der Waals surface area contributed by atoms with Crippen LogP contribution in [0.15, 0.2) is 120 Å². The monoisotopic (exact) mass is 1550 g/mol. The highest BCUT2D eigenvalue weighted by Crippen LogP contribution is 2.44. The Bertz CT molecular complexity index is 5060. The van der Waals surface area contributed by atoms with Crippen molar-refractivity contribution in [3.63, 3.8) is 0 Å². The first-order valence-corrected chi connectivity index (χ1v) is 40.3. The predicted octanol–water partition coefficient (Wildman–Crippen LogP) is 11.3. The van der Waals surface area contributed by atoms with Gasteiger partial charge in [0.2, 0.25) is 15.9 Å². The van der Waals surface area contributed by atoms with E-state index in [1.807, 2.05) is 115 Å². The lowest BCUT2D eigenvalue weighted by atomic mass is 10.1. The molecule has 0 radical (unpaired) electrons. The summed E-state index contributed by atoms with van der Waals surface area (Å²) in [5, 5.41) is 11.8. The third kappa shape index (κ3) is 16.6. The Balaban J connectivity index is 0.000000117. The summed E-state index contributed by atoms with van der Waals surface area (Å²) in [7, 11) is -1.45. The second kappa shape index (κ2) is 31.4. The van der Waals surface area contributed by atoms with E-state index in [9.17, 15) is 35.6 Å². The van der Waals surface area contributed by atoms with E-state index in [2.05, 4.69) is 73.9 Å². The Morgan fingerprint density at radius 3 is 1.42 bits per heavy atom. The topological polar surface area (TPSA) is 248 Å². The number of H-pyrrole nitrogens is 4. The highest BCUT2D eigenvalue weighted by molar-refractivity contribution is 7.88. The largest absolute Gasteiger partial charge is 0.368 e. The molecule has 11 heterocycles. The van der Waals surface area contributed by atoms with Crippen LogP contribution < -0.4 is 24.5 Å². The number of para-hydroxylation sites is 1. The van der Waals surface area contributed by atoms with E-state index in [0.29, 0.717) is 88.6 Å². The summed E-state index contributed by atoms with van der Waals surface area (Å²) in [4.78, 5) is 67.0. The second-order valence-electron chi connectivity index (χ2n) is 28.8. The van der Waals surface area contributed by atoms with Gasteiger partial charge in [0.1, 0.15) is 0 Å². The molecular weight excluding hydrogens is 1460 g/mol. The number of halogens is 4. The van der Waals surface area contributed by atoms with Crippen LogP contribution in [0.25, 0.3) is 54.6 Å². The summed E-state index contributed by atoms with van der Waals surface area (Å²) >= 11 is 18.6. The fourth-order valence-electron chi connectivity index (χ4n) is 15.1. The van der Waals surface area contributed by atoms with E-state index in [4.69, 9.17) is 39.3 Å². The molecule has 4 N–H and O–H groups in total. The molecule has 7 aliphatic rings. The number of aromatic amines is 4. The van der Waals surface area contributed by atoms with Gasteiger partial charge in [0.25, 0.3) is 16.1 Å². The number of nitrogens with zero attached hydrogens (tertiary/aromatic N) is 13. The van der Waals surface area contributed by atoms with E-state index >= 15 is 0 Å². The van der Waals surface area contributed by atoms with Crippen LogP contribution in [0.2, 0.25) is 15.1 Å². The van der Waals surface area contributed by atoms with E-state index in [-0.39, 0.29) is 18.0 Å². The third-order valence-corrected chi connectivity index (χ3v) is 24.9. The van der Waals surface area contributed by atoms with Crippen molar-refractivity contribution in [2.24, 2.45) is 0 Å². The van der Waals surface area contributed by atoms with Crippen LogP contribution in [0, 0.1) is 6.92 Å². The summed E-state index contributed by atoms with van der Waals surface area (Å²) in [6, 6.07) is 31.0. The minimum atomic E-state index is -3.34. The minimum absolute atomic E-state index is 0.150. The molecule has 7 fully saturated rings. The Morgan fingerprint density at radius 1 is 0.547 bits per heavy atom. The van der Waals surface area contributed by atoms with Gasteiger partial charge in [0.05, 0.1) is 23.7 Å². The van der Waals surface area contributed by atoms with Gasteiger partial charge in [0.15, 0.2) is 11.3 Å². The van der Waals surface area contributed by atoms with Crippen LogP contribution in [0.5, 0.6) is 0 Å². The minimum Gasteiger partial charge on any atom is -0.368 e. The van der Waals surface area contributed by atoms with Crippen molar-refractivity contribution in [2.45, 2.75) is 58.2 Å². The van der Waals surface area contributed by atoms with Gasteiger partial charge in [-0.3, -0.25) is 9.59 Å². The van der Waals surface area contributed by atoms with Gasteiger partial charge >= 0.3 is 6.03 Å². The summed E-state index contributed by atoms with van der Waals surface area (Å²) < 4.78 is 70.8. The quantitative estimate of drug-likeness (QED) is 0.0995. The molecule has 0 bridgehead atoms. The van der Waals surface area contributed by atoms with Crippen LogP contribution in [-0.2, 0) is 29.8 Å². The van der Waals surface area contributed by atoms with E-state index in [0.717, 1.165) is 130 Å². The van der Waals surface area contributed by atoms with Crippen LogP contribution in [0.1, 0.15) is 50.8 Å². The number of aromatic nitrogens is 5. The maximum absolute atomic E-state index is 13.8. The number of carbonyl (C=O) groups excluding carboxylic acids is 3. The molecule has 6 saturated heterocycles. The standard InChI is InChI=1S/C17H21N3O.C16H19ClFN3O.C15H17ClN4O.C14H19ClN4O2S.C13H17N3O3S/c1-12(21)19-6-8-20(9-7-19)17-11-14(13-2-3-13)10-16-15(17)4-5-18-16;1-16(2,18)15(22)21-7-5-20(6-8-21)14-10-11(17)9-13-12(14)3-4-19-13;1-18-8-11-9-19(4-5-20(11)15(18)21)14-7-10(16)6-13-12(14)2-3-17-13;1-17(2)22(20,21)19-7-5-18(6-8-19)14-10-11(15)9-13-12(14)3-4-16-13;1-10-11-4-3-5-12(13(11)19-14-10)15-6-8-16(9-7-15)20(2,17)18/h4-5,10-11,13,18H,2-3,6-9H2,1H3;3-4,9-10,19H,5-8H2,1-2H3;2-3,6-7,11,17H,4-5,8-9H2,1H3;3-4,9-10,16H,5-8H2,1-2H3;3-5H,6-9H2,1-2H3. The van der Waals surface area contributed by atoms with Gasteiger partial charge in [-0.1, -0.05) is 46.0 Å². The number of hydrogen-bond acceptors (Lipinski definition) is 14. The number of sulfonamides is 1. The highest BCUT2D eigenvalue weighted by atomic mass is 35.5. The predicted molar refractivity (Wildman–Crippen MR) is 423 cm³/mol. The molecule has 1 aliphatic carbocycles. The van der Waals surface area contributed by atoms with Crippen molar-refractivity contribution >= 4 is 156 Å².